The van der Waals surface area contributed by atoms with Crippen molar-refractivity contribution in [2.75, 3.05) is 5.75 Å². The molecular formula is C16H22N4O2S. The molecule has 2 heterocycles. The highest BCUT2D eigenvalue weighted by atomic mass is 32.2. The molecule has 0 spiro atoms. The molecule has 1 atom stereocenters. The fourth-order valence-electron chi connectivity index (χ4n) is 2.02. The zero-order valence-electron chi connectivity index (χ0n) is 13.9. The van der Waals surface area contributed by atoms with Crippen molar-refractivity contribution < 1.29 is 4.79 Å². The molecule has 2 rings (SSSR count). The maximum Gasteiger partial charge on any atom is 0.263 e. The van der Waals surface area contributed by atoms with Crippen LogP contribution in [0.3, 0.4) is 0 Å². The number of hydrogen-bond acceptors (Lipinski definition) is 5. The molecule has 23 heavy (non-hydrogen) atoms. The largest absolute Gasteiger partial charge is 0.353 e. The van der Waals surface area contributed by atoms with E-state index in [1.807, 2.05) is 13.8 Å². The highest BCUT2D eigenvalue weighted by molar-refractivity contribution is 7.99. The van der Waals surface area contributed by atoms with E-state index in [9.17, 15) is 9.59 Å². The molecule has 0 aliphatic carbocycles. The van der Waals surface area contributed by atoms with Crippen molar-refractivity contribution in [3.05, 3.63) is 28.7 Å². The van der Waals surface area contributed by atoms with Gasteiger partial charge in [-0.1, -0.05) is 25.6 Å². The number of rotatable bonds is 6. The van der Waals surface area contributed by atoms with Crippen LogP contribution in [0.5, 0.6) is 0 Å². The van der Waals surface area contributed by atoms with Crippen LogP contribution in [0.1, 0.15) is 27.7 Å². The van der Waals surface area contributed by atoms with Crippen LogP contribution in [-0.4, -0.2) is 32.2 Å². The first-order valence-electron chi connectivity index (χ1n) is 7.71. The number of aromatic nitrogens is 3. The van der Waals surface area contributed by atoms with E-state index in [0.717, 1.165) is 0 Å². The maximum absolute atomic E-state index is 12.5. The van der Waals surface area contributed by atoms with E-state index >= 15 is 0 Å². The van der Waals surface area contributed by atoms with Gasteiger partial charge in [0.25, 0.3) is 5.56 Å². The molecule has 0 saturated heterocycles. The number of pyridine rings is 1. The molecule has 0 aliphatic heterocycles. The minimum Gasteiger partial charge on any atom is -0.353 e. The molecule has 0 saturated carbocycles. The Morgan fingerprint density at radius 2 is 2.13 bits per heavy atom. The number of carbonyl (C=O) groups is 1. The van der Waals surface area contributed by atoms with Gasteiger partial charge >= 0.3 is 0 Å². The molecule has 0 aromatic carbocycles. The number of fused-ring (bicyclic) bond motifs is 1. The topological polar surface area (TPSA) is 76.9 Å². The molecule has 1 amide bonds. The van der Waals surface area contributed by atoms with Crippen molar-refractivity contribution >= 4 is 28.7 Å². The van der Waals surface area contributed by atoms with Crippen molar-refractivity contribution in [2.45, 2.75) is 45.4 Å². The normalized spacial score (nSPS) is 12.6. The fourth-order valence-corrected chi connectivity index (χ4v) is 2.88. The number of nitrogens with zero attached hydrogens (tertiary/aromatic N) is 3. The summed E-state index contributed by atoms with van der Waals surface area (Å²) < 4.78 is 1.58. The van der Waals surface area contributed by atoms with E-state index in [1.165, 1.54) is 11.8 Å². The Bertz CT molecular complexity index is 757. The van der Waals surface area contributed by atoms with Gasteiger partial charge in [-0.15, -0.1) is 0 Å². The van der Waals surface area contributed by atoms with Crippen molar-refractivity contribution in [3.8, 4) is 0 Å². The van der Waals surface area contributed by atoms with Crippen molar-refractivity contribution in [3.63, 3.8) is 0 Å². The number of nitrogens with one attached hydrogen (secondary N) is 1. The third kappa shape index (κ3) is 4.10. The van der Waals surface area contributed by atoms with Crippen LogP contribution in [0.15, 0.2) is 28.3 Å². The average molecular weight is 334 g/mol. The lowest BCUT2D eigenvalue weighted by Gasteiger charge is -2.17. The van der Waals surface area contributed by atoms with E-state index in [2.05, 4.69) is 29.1 Å². The van der Waals surface area contributed by atoms with Gasteiger partial charge in [-0.2, -0.15) is 0 Å². The molecule has 2 aromatic rings. The van der Waals surface area contributed by atoms with Crippen molar-refractivity contribution in [1.82, 2.24) is 19.9 Å². The van der Waals surface area contributed by atoms with Gasteiger partial charge in [0.05, 0.1) is 11.1 Å². The van der Waals surface area contributed by atoms with Crippen molar-refractivity contribution in [1.29, 1.82) is 0 Å². The van der Waals surface area contributed by atoms with Crippen LogP contribution in [0.4, 0.5) is 0 Å². The summed E-state index contributed by atoms with van der Waals surface area (Å²) in [5.41, 5.74) is 0.296. The first kappa shape index (κ1) is 17.5. The Morgan fingerprint density at radius 3 is 2.78 bits per heavy atom. The SMILES string of the molecule is CCn1c(SCC(=O)N[C@@H](C)C(C)C)nc2ncccc2c1=O. The smallest absolute Gasteiger partial charge is 0.263 e. The number of carbonyl (C=O) groups excluding carboxylic acids is 1. The van der Waals surface area contributed by atoms with Gasteiger partial charge in [0.15, 0.2) is 10.8 Å². The number of amides is 1. The molecule has 0 unspecified atom stereocenters. The Kier molecular flexibility index (Phi) is 5.76. The van der Waals surface area contributed by atoms with Crippen LogP contribution < -0.4 is 10.9 Å². The van der Waals surface area contributed by atoms with Crippen LogP contribution in [0, 0.1) is 5.92 Å². The third-order valence-electron chi connectivity index (χ3n) is 3.73. The molecular weight excluding hydrogens is 312 g/mol. The average Bonchev–Trinajstić information content (AvgIpc) is 2.53. The molecule has 1 N–H and O–H groups in total. The molecule has 2 aromatic heterocycles. The van der Waals surface area contributed by atoms with E-state index < -0.39 is 0 Å². The summed E-state index contributed by atoms with van der Waals surface area (Å²) >= 11 is 1.26. The highest BCUT2D eigenvalue weighted by Gasteiger charge is 2.14. The second-order valence-electron chi connectivity index (χ2n) is 5.71. The lowest BCUT2D eigenvalue weighted by atomic mass is 10.1. The Balaban J connectivity index is 2.20. The quantitative estimate of drug-likeness (QED) is 0.646. The van der Waals surface area contributed by atoms with E-state index in [1.54, 1.807) is 22.9 Å². The summed E-state index contributed by atoms with van der Waals surface area (Å²) in [4.78, 5) is 33.0. The predicted molar refractivity (Wildman–Crippen MR) is 92.6 cm³/mol. The Hall–Kier alpha value is -1.89. The molecule has 0 radical (unpaired) electrons. The zero-order chi connectivity index (χ0) is 17.0. The number of hydrogen-bond donors (Lipinski definition) is 1. The summed E-state index contributed by atoms with van der Waals surface area (Å²) in [6.45, 7) is 8.49. The molecule has 0 fully saturated rings. The molecule has 124 valence electrons. The van der Waals surface area contributed by atoms with E-state index in [0.29, 0.717) is 28.7 Å². The minimum absolute atomic E-state index is 0.0609. The second-order valence-corrected chi connectivity index (χ2v) is 6.65. The Morgan fingerprint density at radius 1 is 1.39 bits per heavy atom. The molecule has 0 aliphatic rings. The van der Waals surface area contributed by atoms with Crippen LogP contribution >= 0.6 is 11.8 Å². The van der Waals surface area contributed by atoms with Gasteiger partial charge in [0.2, 0.25) is 5.91 Å². The zero-order valence-corrected chi connectivity index (χ0v) is 14.7. The van der Waals surface area contributed by atoms with E-state index in [4.69, 9.17) is 0 Å². The van der Waals surface area contributed by atoms with E-state index in [-0.39, 0.29) is 23.3 Å². The van der Waals surface area contributed by atoms with Gasteiger partial charge in [-0.05, 0) is 31.9 Å². The minimum atomic E-state index is -0.121. The summed E-state index contributed by atoms with van der Waals surface area (Å²) in [6, 6.07) is 3.55. The first-order valence-corrected chi connectivity index (χ1v) is 8.70. The van der Waals surface area contributed by atoms with Gasteiger partial charge < -0.3 is 5.32 Å². The van der Waals surface area contributed by atoms with Gasteiger partial charge in [-0.3, -0.25) is 14.2 Å². The molecule has 7 heteroatoms. The highest BCUT2D eigenvalue weighted by Crippen LogP contribution is 2.16. The summed E-state index contributed by atoms with van der Waals surface area (Å²) in [7, 11) is 0. The van der Waals surface area contributed by atoms with Crippen LogP contribution in [0.2, 0.25) is 0 Å². The van der Waals surface area contributed by atoms with Gasteiger partial charge in [0.1, 0.15) is 0 Å². The number of thioether (sulfide) groups is 1. The summed E-state index contributed by atoms with van der Waals surface area (Å²) in [6.07, 6.45) is 1.61. The second kappa shape index (κ2) is 7.59. The summed E-state index contributed by atoms with van der Waals surface area (Å²) in [5, 5.41) is 3.97. The third-order valence-corrected chi connectivity index (χ3v) is 4.71. The maximum atomic E-state index is 12.5. The van der Waals surface area contributed by atoms with Gasteiger partial charge in [0, 0.05) is 18.8 Å². The van der Waals surface area contributed by atoms with Gasteiger partial charge in [-0.25, -0.2) is 9.97 Å². The fraction of sp³-hybridized carbons (Fsp3) is 0.500. The molecule has 0 bridgehead atoms. The summed E-state index contributed by atoms with van der Waals surface area (Å²) in [5.74, 6) is 0.539. The Labute approximate surface area is 139 Å². The van der Waals surface area contributed by atoms with Crippen molar-refractivity contribution in [2.24, 2.45) is 5.92 Å². The van der Waals surface area contributed by atoms with Crippen LogP contribution in [-0.2, 0) is 11.3 Å². The van der Waals surface area contributed by atoms with Crippen LogP contribution in [0.25, 0.3) is 11.0 Å². The standard InChI is InChI=1S/C16H22N4O2S/c1-5-20-15(22)12-7-6-8-17-14(12)19-16(20)23-9-13(21)18-11(4)10(2)3/h6-8,10-11H,5,9H2,1-4H3,(H,18,21)/t11-/m0/s1. The lowest BCUT2D eigenvalue weighted by Crippen LogP contribution is -2.37. The first-order chi connectivity index (χ1) is 10.9. The lowest BCUT2D eigenvalue weighted by molar-refractivity contribution is -0.119. The predicted octanol–water partition coefficient (Wildman–Crippen LogP) is 2.06. The molecule has 6 nitrogen and oxygen atoms in total. The monoisotopic (exact) mass is 334 g/mol.